The summed E-state index contributed by atoms with van der Waals surface area (Å²) in [7, 11) is -3.85. The number of ether oxygens (including phenoxy) is 1. The molecule has 0 unspecified atom stereocenters. The van der Waals surface area contributed by atoms with Crippen molar-refractivity contribution in [3.8, 4) is 11.5 Å². The third-order valence-corrected chi connectivity index (χ3v) is 9.35. The maximum Gasteiger partial charge on any atom is 0.372 e. The summed E-state index contributed by atoms with van der Waals surface area (Å²) in [6.45, 7) is 12.3. The highest BCUT2D eigenvalue weighted by atomic mass is 32.2. The number of allylic oxidation sites excluding steroid dienone is 3. The zero-order valence-corrected chi connectivity index (χ0v) is 25.7. The second-order valence-corrected chi connectivity index (χ2v) is 13.3. The molecule has 40 heavy (non-hydrogen) atoms. The van der Waals surface area contributed by atoms with Crippen LogP contribution in [-0.2, 0) is 20.7 Å². The summed E-state index contributed by atoms with van der Waals surface area (Å²) in [6, 6.07) is 10.2. The fourth-order valence-electron chi connectivity index (χ4n) is 4.99. The van der Waals surface area contributed by atoms with Crippen molar-refractivity contribution in [1.29, 1.82) is 0 Å². The van der Waals surface area contributed by atoms with Gasteiger partial charge in [-0.2, -0.15) is 8.42 Å². The maximum absolute atomic E-state index is 12.9. The summed E-state index contributed by atoms with van der Waals surface area (Å²) in [5.74, 6) is 0.849. The van der Waals surface area contributed by atoms with Gasteiger partial charge in [0.15, 0.2) is 0 Å². The normalized spacial score (nSPS) is 17.4. The molecule has 8 heteroatoms. The molecular formula is C32H42O6S2. The topological polar surface area (TPSA) is 89.9 Å². The third-order valence-electron chi connectivity index (χ3n) is 7.21. The summed E-state index contributed by atoms with van der Waals surface area (Å²) < 4.78 is 35.7. The molecule has 6 nitrogen and oxygen atoms in total. The molecule has 0 saturated carbocycles. The minimum absolute atomic E-state index is 0.0398. The monoisotopic (exact) mass is 586 g/mol. The van der Waals surface area contributed by atoms with E-state index in [0.717, 1.165) is 67.0 Å². The van der Waals surface area contributed by atoms with Crippen molar-refractivity contribution in [2.75, 3.05) is 12.4 Å². The standard InChI is InChI=1S/C32H42O6S2/c1-6-7-8-10-25-20-29(33)31(28-19-24(5)13-16-27(28)22(2)3)30(21-25)38-32(34)39-18-9-17-37-40(35,36)26-14-11-23(4)12-15-26/h11-12,14-15,19-21,27-28,33H,2,6-10,13,16-18H2,1,3-5H3/t27-,28+/m0/s1. The minimum Gasteiger partial charge on any atom is -0.507 e. The number of thioether (sulfide) groups is 1. The Balaban J connectivity index is 1.69. The molecule has 0 fully saturated rings. The molecule has 0 radical (unpaired) electrons. The van der Waals surface area contributed by atoms with Gasteiger partial charge in [0.2, 0.25) is 0 Å². The van der Waals surface area contributed by atoms with Gasteiger partial charge in [-0.05, 0) is 100 Å². The lowest BCUT2D eigenvalue weighted by Gasteiger charge is -2.32. The molecule has 0 spiro atoms. The number of unbranched alkanes of at least 4 members (excludes halogenated alkanes) is 2. The van der Waals surface area contributed by atoms with Crippen LogP contribution in [0.25, 0.3) is 0 Å². The van der Waals surface area contributed by atoms with Crippen LogP contribution < -0.4 is 4.74 Å². The number of phenols is 1. The molecule has 1 aliphatic carbocycles. The fraction of sp³-hybridized carbons (Fsp3) is 0.469. The van der Waals surface area contributed by atoms with Crippen LogP contribution in [0.4, 0.5) is 4.79 Å². The average molecular weight is 587 g/mol. The van der Waals surface area contributed by atoms with E-state index in [1.54, 1.807) is 18.2 Å². The zero-order chi connectivity index (χ0) is 29.3. The van der Waals surface area contributed by atoms with Crippen molar-refractivity contribution in [2.45, 2.75) is 83.5 Å². The number of hydrogen-bond donors (Lipinski definition) is 1. The van der Waals surface area contributed by atoms with Gasteiger partial charge in [0.25, 0.3) is 10.1 Å². The highest BCUT2D eigenvalue weighted by Crippen LogP contribution is 2.47. The Bertz CT molecular complexity index is 1310. The first-order valence-corrected chi connectivity index (χ1v) is 16.4. The molecule has 2 atom stereocenters. The number of carbonyl (C=O) groups excluding carboxylic acids is 1. The van der Waals surface area contributed by atoms with E-state index in [2.05, 4.69) is 26.5 Å². The van der Waals surface area contributed by atoms with E-state index in [-0.39, 0.29) is 29.1 Å². The molecular weight excluding hydrogens is 544 g/mol. The quantitative estimate of drug-likeness (QED) is 0.109. The van der Waals surface area contributed by atoms with Gasteiger partial charge in [0.05, 0.1) is 11.5 Å². The van der Waals surface area contributed by atoms with Gasteiger partial charge in [-0.15, -0.1) is 0 Å². The first-order valence-electron chi connectivity index (χ1n) is 14.0. The maximum atomic E-state index is 12.9. The van der Waals surface area contributed by atoms with Crippen LogP contribution in [0.5, 0.6) is 11.5 Å². The summed E-state index contributed by atoms with van der Waals surface area (Å²) in [5.41, 5.74) is 4.78. The van der Waals surface area contributed by atoms with Crippen molar-refractivity contribution in [1.82, 2.24) is 0 Å². The third kappa shape index (κ3) is 8.98. The number of carbonyl (C=O) groups is 1. The predicted octanol–water partition coefficient (Wildman–Crippen LogP) is 8.48. The molecule has 3 rings (SSSR count). The molecule has 218 valence electrons. The summed E-state index contributed by atoms with van der Waals surface area (Å²) >= 11 is 0.965. The Kier molecular flexibility index (Phi) is 11.9. The number of hydrogen-bond acceptors (Lipinski definition) is 7. The Morgan fingerprint density at radius 1 is 1.12 bits per heavy atom. The Morgan fingerprint density at radius 3 is 2.52 bits per heavy atom. The molecule has 2 aromatic carbocycles. The van der Waals surface area contributed by atoms with Crippen molar-refractivity contribution in [3.63, 3.8) is 0 Å². The average Bonchev–Trinajstić information content (AvgIpc) is 2.88. The number of aryl methyl sites for hydroxylation is 2. The number of benzene rings is 2. The second-order valence-electron chi connectivity index (χ2n) is 10.7. The van der Waals surface area contributed by atoms with Crippen LogP contribution in [0.15, 0.2) is 65.1 Å². The van der Waals surface area contributed by atoms with Crippen LogP contribution >= 0.6 is 11.8 Å². The number of phenolic OH excluding ortho intramolecular Hbond substituents is 1. The van der Waals surface area contributed by atoms with E-state index in [1.807, 2.05) is 19.9 Å². The highest BCUT2D eigenvalue weighted by molar-refractivity contribution is 8.13. The van der Waals surface area contributed by atoms with Gasteiger partial charge in [-0.1, -0.05) is 61.3 Å². The van der Waals surface area contributed by atoms with Crippen LogP contribution in [0, 0.1) is 12.8 Å². The van der Waals surface area contributed by atoms with Crippen LogP contribution in [0.1, 0.15) is 81.9 Å². The van der Waals surface area contributed by atoms with Crippen LogP contribution in [-0.4, -0.2) is 31.2 Å². The number of aromatic hydroxyl groups is 1. The smallest absolute Gasteiger partial charge is 0.372 e. The van der Waals surface area contributed by atoms with Gasteiger partial charge < -0.3 is 9.84 Å². The van der Waals surface area contributed by atoms with E-state index in [0.29, 0.717) is 23.5 Å². The lowest BCUT2D eigenvalue weighted by molar-refractivity contribution is 0.226. The SMILES string of the molecule is C=C(C)[C@@H]1CCC(C)=C[C@H]1c1c(O)cc(CCCCC)cc1OC(=O)SCCCOS(=O)(=O)c1ccc(C)cc1. The molecule has 2 aromatic rings. The first kappa shape index (κ1) is 32.0. The van der Waals surface area contributed by atoms with Crippen molar-refractivity contribution in [3.05, 3.63) is 76.9 Å². The van der Waals surface area contributed by atoms with Crippen molar-refractivity contribution < 1.29 is 27.2 Å². The van der Waals surface area contributed by atoms with Crippen molar-refractivity contribution in [2.24, 2.45) is 5.92 Å². The van der Waals surface area contributed by atoms with E-state index < -0.39 is 15.4 Å². The van der Waals surface area contributed by atoms with Gasteiger partial charge in [0, 0.05) is 17.2 Å². The molecule has 0 heterocycles. The van der Waals surface area contributed by atoms with E-state index in [1.165, 1.54) is 17.7 Å². The molecule has 1 N–H and O–H groups in total. The molecule has 1 aliphatic rings. The van der Waals surface area contributed by atoms with Gasteiger partial charge in [0.1, 0.15) is 11.5 Å². The van der Waals surface area contributed by atoms with Crippen molar-refractivity contribution >= 4 is 27.2 Å². The van der Waals surface area contributed by atoms with E-state index in [4.69, 9.17) is 8.92 Å². The molecule has 0 saturated heterocycles. The Hall–Kier alpha value is -2.55. The van der Waals surface area contributed by atoms with E-state index >= 15 is 0 Å². The Morgan fingerprint density at radius 2 is 1.85 bits per heavy atom. The van der Waals surface area contributed by atoms with Gasteiger partial charge in [-0.3, -0.25) is 4.18 Å². The minimum atomic E-state index is -3.85. The Labute approximate surface area is 244 Å². The fourth-order valence-corrected chi connectivity index (χ4v) is 6.51. The predicted molar refractivity (Wildman–Crippen MR) is 163 cm³/mol. The molecule has 0 amide bonds. The lowest BCUT2D eigenvalue weighted by atomic mass is 9.73. The van der Waals surface area contributed by atoms with E-state index in [9.17, 15) is 18.3 Å². The van der Waals surface area contributed by atoms with Crippen LogP contribution in [0.2, 0.25) is 0 Å². The summed E-state index contributed by atoms with van der Waals surface area (Å²) in [6.07, 6.45) is 8.34. The zero-order valence-electron chi connectivity index (χ0n) is 24.1. The highest BCUT2D eigenvalue weighted by Gasteiger charge is 2.31. The van der Waals surface area contributed by atoms with Gasteiger partial charge in [-0.25, -0.2) is 4.79 Å². The summed E-state index contributed by atoms with van der Waals surface area (Å²) in [5, 5.41) is 10.7. The molecule has 0 aromatic heterocycles. The molecule has 0 bridgehead atoms. The van der Waals surface area contributed by atoms with Gasteiger partial charge >= 0.3 is 5.30 Å². The van der Waals surface area contributed by atoms with Crippen LogP contribution in [0.3, 0.4) is 0 Å². The summed E-state index contributed by atoms with van der Waals surface area (Å²) in [4.78, 5) is 13.0. The molecule has 0 aliphatic heterocycles. The first-order chi connectivity index (χ1) is 19.0. The lowest BCUT2D eigenvalue weighted by Crippen LogP contribution is -2.18. The largest absolute Gasteiger partial charge is 0.507 e. The second kappa shape index (κ2) is 14.9. The number of rotatable bonds is 13.